The number of para-hydroxylation sites is 1. The van der Waals surface area contributed by atoms with Crippen molar-refractivity contribution in [3.05, 3.63) is 60.0 Å². The van der Waals surface area contributed by atoms with E-state index >= 15 is 0 Å². The van der Waals surface area contributed by atoms with E-state index in [1.165, 1.54) is 0 Å². The van der Waals surface area contributed by atoms with Crippen molar-refractivity contribution < 1.29 is 14.3 Å². The smallest absolute Gasteiger partial charge is 0.255 e. The number of amides is 2. The maximum absolute atomic E-state index is 12.8. The Morgan fingerprint density at radius 1 is 1.17 bits per heavy atom. The zero-order chi connectivity index (χ0) is 20.9. The molecule has 2 aromatic heterocycles. The third-order valence-corrected chi connectivity index (χ3v) is 5.31. The van der Waals surface area contributed by atoms with Crippen LogP contribution in [0.4, 0.5) is 0 Å². The Labute approximate surface area is 174 Å². The lowest BCUT2D eigenvalue weighted by Gasteiger charge is -2.32. The summed E-state index contributed by atoms with van der Waals surface area (Å²) < 4.78 is 7.48. The number of rotatable bonds is 6. The molecule has 0 radical (unpaired) electrons. The quantitative estimate of drug-likeness (QED) is 0.677. The molecule has 0 saturated carbocycles. The number of ether oxygens (including phenoxy) is 1. The number of aromatic nitrogens is 3. The van der Waals surface area contributed by atoms with Gasteiger partial charge in [0.2, 0.25) is 5.91 Å². The Morgan fingerprint density at radius 2 is 2.00 bits per heavy atom. The summed E-state index contributed by atoms with van der Waals surface area (Å²) in [4.78, 5) is 27.1. The molecule has 8 nitrogen and oxygen atoms in total. The van der Waals surface area contributed by atoms with E-state index in [2.05, 4.69) is 15.5 Å². The van der Waals surface area contributed by atoms with Gasteiger partial charge in [-0.2, -0.15) is 0 Å². The minimum absolute atomic E-state index is 0.0490. The van der Waals surface area contributed by atoms with Crippen LogP contribution < -0.4 is 10.1 Å². The molecule has 4 rings (SSSR count). The van der Waals surface area contributed by atoms with Gasteiger partial charge in [-0.15, -0.1) is 10.2 Å². The van der Waals surface area contributed by atoms with E-state index in [0.29, 0.717) is 31.0 Å². The van der Waals surface area contributed by atoms with E-state index in [-0.39, 0.29) is 24.3 Å². The first-order valence-corrected chi connectivity index (χ1v) is 10.2. The summed E-state index contributed by atoms with van der Waals surface area (Å²) in [6, 6.07) is 12.8. The fraction of sp³-hybridized carbons (Fsp3) is 0.364. The second kappa shape index (κ2) is 8.94. The number of nitrogens with zero attached hydrogens (tertiary/aromatic N) is 4. The van der Waals surface area contributed by atoms with Gasteiger partial charge >= 0.3 is 0 Å². The van der Waals surface area contributed by atoms with Gasteiger partial charge in [-0.3, -0.25) is 14.0 Å². The van der Waals surface area contributed by atoms with Crippen LogP contribution in [-0.4, -0.2) is 57.6 Å². The minimum atomic E-state index is -0.315. The van der Waals surface area contributed by atoms with Crippen molar-refractivity contribution >= 4 is 17.5 Å². The van der Waals surface area contributed by atoms with Gasteiger partial charge in [0.15, 0.2) is 5.65 Å². The molecule has 1 unspecified atom stereocenters. The summed E-state index contributed by atoms with van der Waals surface area (Å²) in [6.45, 7) is 3.53. The predicted octanol–water partition coefficient (Wildman–Crippen LogP) is 2.26. The Kier molecular flexibility index (Phi) is 5.92. The average molecular weight is 407 g/mol. The molecule has 3 aromatic rings. The second-order valence-electron chi connectivity index (χ2n) is 7.28. The molecule has 2 amide bonds. The number of fused-ring (bicyclic) bond motifs is 1. The Hall–Kier alpha value is -3.42. The largest absolute Gasteiger partial charge is 0.493 e. The monoisotopic (exact) mass is 407 g/mol. The predicted molar refractivity (Wildman–Crippen MR) is 111 cm³/mol. The van der Waals surface area contributed by atoms with Gasteiger partial charge in [0.1, 0.15) is 11.6 Å². The molecule has 1 N–H and O–H groups in total. The van der Waals surface area contributed by atoms with Gasteiger partial charge in [-0.1, -0.05) is 18.2 Å². The molecule has 8 heteroatoms. The molecule has 1 aliphatic rings. The maximum Gasteiger partial charge on any atom is 0.255 e. The van der Waals surface area contributed by atoms with Gasteiger partial charge in [0.05, 0.1) is 18.7 Å². The van der Waals surface area contributed by atoms with Crippen LogP contribution in [0.25, 0.3) is 5.65 Å². The third kappa shape index (κ3) is 4.12. The van der Waals surface area contributed by atoms with Crippen molar-refractivity contribution in [2.75, 3.05) is 26.2 Å². The summed E-state index contributed by atoms with van der Waals surface area (Å²) in [6.07, 6.45) is 3.79. The lowest BCUT2D eigenvalue weighted by Crippen LogP contribution is -2.44. The molecule has 1 aromatic carbocycles. The number of hydrogen-bond donors (Lipinski definition) is 1. The van der Waals surface area contributed by atoms with E-state index in [0.717, 1.165) is 24.3 Å². The summed E-state index contributed by atoms with van der Waals surface area (Å²) in [5.41, 5.74) is 1.23. The van der Waals surface area contributed by atoms with Crippen molar-refractivity contribution in [2.24, 2.45) is 0 Å². The Balaban J connectivity index is 1.39. The number of pyridine rings is 1. The number of piperidine rings is 1. The van der Waals surface area contributed by atoms with Crippen LogP contribution in [0, 0.1) is 0 Å². The van der Waals surface area contributed by atoms with E-state index in [9.17, 15) is 9.59 Å². The summed E-state index contributed by atoms with van der Waals surface area (Å²) in [5, 5.41) is 11.3. The van der Waals surface area contributed by atoms with Crippen LogP contribution >= 0.6 is 0 Å². The van der Waals surface area contributed by atoms with Gasteiger partial charge < -0.3 is 15.0 Å². The summed E-state index contributed by atoms with van der Waals surface area (Å²) >= 11 is 0. The highest BCUT2D eigenvalue weighted by Gasteiger charge is 2.28. The number of nitrogens with one attached hydrogen (secondary N) is 1. The van der Waals surface area contributed by atoms with Crippen LogP contribution in [0.1, 0.15) is 41.9 Å². The highest BCUT2D eigenvalue weighted by molar-refractivity contribution is 5.98. The second-order valence-corrected chi connectivity index (χ2v) is 7.28. The number of hydrogen-bond acceptors (Lipinski definition) is 5. The van der Waals surface area contributed by atoms with E-state index in [4.69, 9.17) is 4.74 Å². The van der Waals surface area contributed by atoms with E-state index in [1.54, 1.807) is 23.1 Å². The van der Waals surface area contributed by atoms with Crippen molar-refractivity contribution in [2.45, 2.75) is 25.7 Å². The molecule has 1 aliphatic heterocycles. The lowest BCUT2D eigenvalue weighted by molar-refractivity contribution is -0.131. The summed E-state index contributed by atoms with van der Waals surface area (Å²) in [7, 11) is 0. The van der Waals surface area contributed by atoms with Crippen LogP contribution in [-0.2, 0) is 4.79 Å². The lowest BCUT2D eigenvalue weighted by atomic mass is 9.97. The van der Waals surface area contributed by atoms with Gasteiger partial charge in [-0.05, 0) is 44.0 Å². The number of benzene rings is 1. The SMILES string of the molecule is CCOc1ccccc1C(=O)NCC(=O)N1CCCC(c2nnc3ccccn23)C1. The average Bonchev–Trinajstić information content (AvgIpc) is 3.22. The van der Waals surface area contributed by atoms with Crippen molar-refractivity contribution in [1.82, 2.24) is 24.8 Å². The number of carbonyl (C=O) groups excluding carboxylic acids is 2. The molecule has 0 bridgehead atoms. The van der Waals surface area contributed by atoms with E-state index < -0.39 is 0 Å². The molecule has 0 aliphatic carbocycles. The molecule has 1 fully saturated rings. The first kappa shape index (κ1) is 19.9. The topological polar surface area (TPSA) is 88.8 Å². The highest BCUT2D eigenvalue weighted by Crippen LogP contribution is 2.26. The van der Waals surface area contributed by atoms with Gasteiger partial charge in [0.25, 0.3) is 5.91 Å². The molecular weight excluding hydrogens is 382 g/mol. The summed E-state index contributed by atoms with van der Waals surface area (Å²) in [5.74, 6) is 1.09. The zero-order valence-corrected chi connectivity index (χ0v) is 17.0. The highest BCUT2D eigenvalue weighted by atomic mass is 16.5. The van der Waals surface area contributed by atoms with Crippen molar-refractivity contribution in [3.8, 4) is 5.75 Å². The fourth-order valence-corrected chi connectivity index (χ4v) is 3.85. The zero-order valence-electron chi connectivity index (χ0n) is 17.0. The molecule has 3 heterocycles. The molecule has 1 atom stereocenters. The Bertz CT molecular complexity index is 1050. The number of likely N-dealkylation sites (tertiary alicyclic amines) is 1. The minimum Gasteiger partial charge on any atom is -0.493 e. The normalized spacial score (nSPS) is 16.4. The van der Waals surface area contributed by atoms with E-state index in [1.807, 2.05) is 41.8 Å². The number of carbonyl (C=O) groups is 2. The molecule has 156 valence electrons. The standard InChI is InChI=1S/C22H25N5O3/c1-2-30-18-10-4-3-9-17(18)22(29)23-14-20(28)26-12-7-8-16(15-26)21-25-24-19-11-5-6-13-27(19)21/h3-6,9-11,13,16H,2,7-8,12,14-15H2,1H3,(H,23,29). The first-order chi connectivity index (χ1) is 14.7. The third-order valence-electron chi connectivity index (χ3n) is 5.31. The van der Waals surface area contributed by atoms with Crippen LogP contribution in [0.2, 0.25) is 0 Å². The van der Waals surface area contributed by atoms with Crippen molar-refractivity contribution in [1.29, 1.82) is 0 Å². The molecule has 1 saturated heterocycles. The Morgan fingerprint density at radius 3 is 2.87 bits per heavy atom. The van der Waals surface area contributed by atoms with Crippen LogP contribution in [0.3, 0.4) is 0 Å². The van der Waals surface area contributed by atoms with Gasteiger partial charge in [-0.25, -0.2) is 0 Å². The fourth-order valence-electron chi connectivity index (χ4n) is 3.85. The molecule has 30 heavy (non-hydrogen) atoms. The van der Waals surface area contributed by atoms with Gasteiger partial charge in [0, 0.05) is 25.2 Å². The first-order valence-electron chi connectivity index (χ1n) is 10.2. The molecular formula is C22H25N5O3. The molecule has 0 spiro atoms. The van der Waals surface area contributed by atoms with Crippen molar-refractivity contribution in [3.63, 3.8) is 0 Å². The maximum atomic E-state index is 12.8. The van der Waals surface area contributed by atoms with Crippen LogP contribution in [0.15, 0.2) is 48.7 Å². The van der Waals surface area contributed by atoms with Crippen LogP contribution in [0.5, 0.6) is 5.75 Å².